The summed E-state index contributed by atoms with van der Waals surface area (Å²) in [6.45, 7) is 2.20. The number of hydrogen-bond donors (Lipinski definition) is 0. The fourth-order valence-corrected chi connectivity index (χ4v) is 3.76. The Hall–Kier alpha value is -2.55. The van der Waals surface area contributed by atoms with Crippen LogP contribution in [0.1, 0.15) is 12.8 Å². The maximum absolute atomic E-state index is 2.49. The van der Waals surface area contributed by atoms with E-state index in [2.05, 4.69) is 74.3 Å². The third-order valence-corrected chi connectivity index (χ3v) is 4.76. The van der Waals surface area contributed by atoms with Crippen LogP contribution >= 0.6 is 0 Å². The van der Waals surface area contributed by atoms with Crippen LogP contribution in [0.3, 0.4) is 0 Å². The SMILES string of the molecule is c1ccc(-c2cn3c4ccccc4[n+]4c3n2CCCC4)cc1. The van der Waals surface area contributed by atoms with Gasteiger partial charge in [-0.25, -0.2) is 9.13 Å². The molecule has 0 saturated heterocycles. The van der Waals surface area contributed by atoms with E-state index in [1.54, 1.807) is 0 Å². The zero-order chi connectivity index (χ0) is 14.5. The molecule has 0 amide bonds. The first-order chi connectivity index (χ1) is 10.9. The maximum atomic E-state index is 2.49. The van der Waals surface area contributed by atoms with Gasteiger partial charge in [0.05, 0.1) is 13.1 Å². The molecule has 0 saturated carbocycles. The van der Waals surface area contributed by atoms with E-state index in [9.17, 15) is 0 Å². The highest BCUT2D eigenvalue weighted by molar-refractivity contribution is 5.77. The minimum atomic E-state index is 1.09. The van der Waals surface area contributed by atoms with Crippen molar-refractivity contribution >= 4 is 16.8 Å². The van der Waals surface area contributed by atoms with Crippen molar-refractivity contribution in [2.75, 3.05) is 0 Å². The number of benzene rings is 2. The molecule has 0 spiro atoms. The van der Waals surface area contributed by atoms with Gasteiger partial charge in [-0.05, 0) is 25.0 Å². The number of aryl methyl sites for hydroxylation is 2. The average Bonchev–Trinajstić information content (AvgIpc) is 2.99. The fourth-order valence-electron chi connectivity index (χ4n) is 3.76. The van der Waals surface area contributed by atoms with Crippen LogP contribution < -0.4 is 4.57 Å². The molecule has 3 heterocycles. The third kappa shape index (κ3) is 1.54. The summed E-state index contributed by atoms with van der Waals surface area (Å²) in [6, 6.07) is 19.5. The molecule has 0 N–H and O–H groups in total. The van der Waals surface area contributed by atoms with E-state index in [-0.39, 0.29) is 0 Å². The number of imidazole rings is 2. The normalized spacial score (nSPS) is 14.5. The van der Waals surface area contributed by atoms with Gasteiger partial charge in [0.1, 0.15) is 22.9 Å². The second-order valence-electron chi connectivity index (χ2n) is 6.05. The Bertz CT molecular complexity index is 976. The predicted octanol–water partition coefficient (Wildman–Crippen LogP) is 3.64. The van der Waals surface area contributed by atoms with Crippen LogP contribution in [0.5, 0.6) is 0 Å². The third-order valence-electron chi connectivity index (χ3n) is 4.76. The van der Waals surface area contributed by atoms with E-state index in [1.165, 1.54) is 40.9 Å². The zero-order valence-electron chi connectivity index (χ0n) is 12.4. The molecule has 0 aliphatic carbocycles. The lowest BCUT2D eigenvalue weighted by Crippen LogP contribution is -2.33. The van der Waals surface area contributed by atoms with Crippen LogP contribution in [0.25, 0.3) is 28.1 Å². The zero-order valence-corrected chi connectivity index (χ0v) is 12.4. The molecule has 22 heavy (non-hydrogen) atoms. The molecule has 0 unspecified atom stereocenters. The number of fused-ring (bicyclic) bond motifs is 3. The van der Waals surface area contributed by atoms with Gasteiger partial charge in [-0.3, -0.25) is 0 Å². The summed E-state index contributed by atoms with van der Waals surface area (Å²) in [6.07, 6.45) is 4.78. The average molecular weight is 288 g/mol. The van der Waals surface area contributed by atoms with Gasteiger partial charge in [0.15, 0.2) is 0 Å². The van der Waals surface area contributed by atoms with Crippen molar-refractivity contribution in [3.63, 3.8) is 0 Å². The molecule has 5 rings (SSSR count). The highest BCUT2D eigenvalue weighted by Crippen LogP contribution is 2.27. The Morgan fingerprint density at radius 3 is 2.59 bits per heavy atom. The monoisotopic (exact) mass is 288 g/mol. The molecule has 2 aromatic carbocycles. The molecule has 1 aliphatic rings. The van der Waals surface area contributed by atoms with Gasteiger partial charge in [-0.1, -0.05) is 42.5 Å². The van der Waals surface area contributed by atoms with Crippen LogP contribution in [0, 0.1) is 0 Å². The van der Waals surface area contributed by atoms with E-state index < -0.39 is 0 Å². The molecule has 0 atom stereocenters. The van der Waals surface area contributed by atoms with Gasteiger partial charge in [0.25, 0.3) is 0 Å². The van der Waals surface area contributed by atoms with Gasteiger partial charge >= 0.3 is 5.78 Å². The van der Waals surface area contributed by atoms with Crippen LogP contribution in [-0.2, 0) is 13.1 Å². The number of nitrogens with zero attached hydrogens (tertiary/aromatic N) is 3. The van der Waals surface area contributed by atoms with Gasteiger partial charge in [-0.2, -0.15) is 4.40 Å². The summed E-state index contributed by atoms with van der Waals surface area (Å²) in [5, 5.41) is 0. The molecule has 3 nitrogen and oxygen atoms in total. The molecule has 4 aromatic rings. The lowest BCUT2D eigenvalue weighted by molar-refractivity contribution is -0.647. The van der Waals surface area contributed by atoms with Crippen molar-refractivity contribution in [3.8, 4) is 11.3 Å². The number of hydrogen-bond acceptors (Lipinski definition) is 0. The van der Waals surface area contributed by atoms with Gasteiger partial charge in [0.2, 0.25) is 0 Å². The van der Waals surface area contributed by atoms with Gasteiger partial charge in [0, 0.05) is 5.56 Å². The van der Waals surface area contributed by atoms with Crippen LogP contribution in [0.15, 0.2) is 60.8 Å². The van der Waals surface area contributed by atoms with Crippen molar-refractivity contribution < 1.29 is 4.57 Å². The van der Waals surface area contributed by atoms with Gasteiger partial charge < -0.3 is 0 Å². The largest absolute Gasteiger partial charge is 0.370 e. The Kier molecular flexibility index (Phi) is 2.45. The molecule has 0 fully saturated rings. The Balaban J connectivity index is 1.93. The highest BCUT2D eigenvalue weighted by atomic mass is 15.3. The first-order valence-corrected chi connectivity index (χ1v) is 8.01. The smallest absolute Gasteiger partial charge is 0.227 e. The standard InChI is InChI=1S/C19H18N3/c1-2-8-15(9-3-1)18-14-22-17-11-5-4-10-16(17)20-12-6-7-13-21(18)19(20)22/h1-5,8-11,14H,6-7,12-13H2/q+1. The fraction of sp³-hybridized carbons (Fsp3) is 0.211. The van der Waals surface area contributed by atoms with Crippen molar-refractivity contribution in [1.29, 1.82) is 0 Å². The lowest BCUT2D eigenvalue weighted by atomic mass is 10.1. The number of para-hydroxylation sites is 2. The second-order valence-corrected chi connectivity index (χ2v) is 6.05. The molecule has 3 heteroatoms. The molecule has 2 aromatic heterocycles. The topological polar surface area (TPSA) is 13.2 Å². The summed E-state index contributed by atoms with van der Waals surface area (Å²) in [5.41, 5.74) is 5.25. The minimum absolute atomic E-state index is 1.09. The Morgan fingerprint density at radius 2 is 1.68 bits per heavy atom. The van der Waals surface area contributed by atoms with Crippen LogP contribution in [0.4, 0.5) is 0 Å². The molecule has 0 radical (unpaired) electrons. The molecular formula is C19H18N3+. The van der Waals surface area contributed by atoms with Crippen molar-refractivity contribution in [2.45, 2.75) is 25.9 Å². The van der Waals surface area contributed by atoms with Crippen LogP contribution in [0.2, 0.25) is 0 Å². The van der Waals surface area contributed by atoms with E-state index in [0.717, 1.165) is 13.1 Å². The van der Waals surface area contributed by atoms with Crippen LogP contribution in [-0.4, -0.2) is 8.97 Å². The predicted molar refractivity (Wildman–Crippen MR) is 87.8 cm³/mol. The molecule has 1 aliphatic heterocycles. The second kappa shape index (κ2) is 4.47. The van der Waals surface area contributed by atoms with Crippen molar-refractivity contribution in [2.24, 2.45) is 0 Å². The summed E-state index contributed by atoms with van der Waals surface area (Å²) < 4.78 is 7.33. The molecular weight excluding hydrogens is 270 g/mol. The first-order valence-electron chi connectivity index (χ1n) is 8.01. The quantitative estimate of drug-likeness (QED) is 0.474. The summed E-state index contributed by atoms with van der Waals surface area (Å²) in [5.74, 6) is 1.32. The Morgan fingerprint density at radius 1 is 0.864 bits per heavy atom. The van der Waals surface area contributed by atoms with Gasteiger partial charge in [-0.15, -0.1) is 0 Å². The summed E-state index contributed by atoms with van der Waals surface area (Å²) >= 11 is 0. The highest BCUT2D eigenvalue weighted by Gasteiger charge is 2.27. The molecule has 108 valence electrons. The maximum Gasteiger partial charge on any atom is 0.370 e. The van der Waals surface area contributed by atoms with E-state index in [0.29, 0.717) is 0 Å². The van der Waals surface area contributed by atoms with E-state index in [4.69, 9.17) is 0 Å². The number of aromatic nitrogens is 3. The minimum Gasteiger partial charge on any atom is -0.227 e. The lowest BCUT2D eigenvalue weighted by Gasteiger charge is -2.01. The Labute approximate surface area is 129 Å². The molecule has 0 bridgehead atoms. The summed E-state index contributed by atoms with van der Waals surface area (Å²) in [4.78, 5) is 0. The van der Waals surface area contributed by atoms with Crippen molar-refractivity contribution in [1.82, 2.24) is 8.97 Å². The van der Waals surface area contributed by atoms with Crippen molar-refractivity contribution in [3.05, 3.63) is 60.8 Å². The van der Waals surface area contributed by atoms with E-state index >= 15 is 0 Å². The van der Waals surface area contributed by atoms with E-state index in [1.807, 2.05) is 0 Å². The first kappa shape index (κ1) is 12.0. The number of rotatable bonds is 1. The summed E-state index contributed by atoms with van der Waals surface area (Å²) in [7, 11) is 0.